The largest absolute Gasteiger partial charge is 0.476 e. The van der Waals surface area contributed by atoms with Crippen molar-refractivity contribution < 1.29 is 14.6 Å². The molecule has 4 heterocycles. The summed E-state index contributed by atoms with van der Waals surface area (Å²) >= 11 is 0. The first kappa shape index (κ1) is 22.8. The van der Waals surface area contributed by atoms with Crippen LogP contribution >= 0.6 is 0 Å². The highest BCUT2D eigenvalue weighted by Gasteiger charge is 2.24. The van der Waals surface area contributed by atoms with Crippen LogP contribution in [0.4, 0.5) is 11.4 Å². The van der Waals surface area contributed by atoms with Gasteiger partial charge in [-0.05, 0) is 43.8 Å². The van der Waals surface area contributed by atoms with Crippen LogP contribution in [0, 0.1) is 5.92 Å². The second-order valence-electron chi connectivity index (χ2n) is 8.95. The molecule has 1 aromatic carbocycles. The number of aromatic nitrogens is 2. The Balaban J connectivity index is 1.51. The summed E-state index contributed by atoms with van der Waals surface area (Å²) in [6, 6.07) is 12.7. The first-order valence-corrected chi connectivity index (χ1v) is 12.1. The molecule has 2 aromatic heterocycles. The molecule has 3 aromatic rings. The van der Waals surface area contributed by atoms with Crippen molar-refractivity contribution in [1.29, 1.82) is 0 Å². The number of anilines is 2. The molecule has 180 valence electrons. The predicted octanol–water partition coefficient (Wildman–Crippen LogP) is 2.55. The Kier molecular flexibility index (Phi) is 7.08. The fraction of sp³-hybridized carbons (Fsp3) is 0.462. The molecular formula is C26H33N5O3. The number of pyridine rings is 2. The lowest BCUT2D eigenvalue weighted by molar-refractivity contribution is 0.122. The minimum Gasteiger partial charge on any atom is -0.476 e. The van der Waals surface area contributed by atoms with Crippen LogP contribution in [0.5, 0.6) is 5.88 Å². The van der Waals surface area contributed by atoms with E-state index in [-0.39, 0.29) is 6.61 Å². The van der Waals surface area contributed by atoms with E-state index >= 15 is 0 Å². The molecule has 34 heavy (non-hydrogen) atoms. The first-order chi connectivity index (χ1) is 16.7. The van der Waals surface area contributed by atoms with E-state index < -0.39 is 0 Å². The van der Waals surface area contributed by atoms with Crippen LogP contribution in [-0.4, -0.2) is 81.3 Å². The lowest BCUT2D eigenvalue weighted by Crippen LogP contribution is -2.36. The van der Waals surface area contributed by atoms with Gasteiger partial charge in [0.05, 0.1) is 24.4 Å². The van der Waals surface area contributed by atoms with Crippen molar-refractivity contribution in [2.24, 2.45) is 5.92 Å². The second-order valence-corrected chi connectivity index (χ2v) is 8.95. The highest BCUT2D eigenvalue weighted by molar-refractivity contribution is 5.96. The Morgan fingerprint density at radius 3 is 2.74 bits per heavy atom. The van der Waals surface area contributed by atoms with Gasteiger partial charge in [0, 0.05) is 79.8 Å². The molecule has 1 unspecified atom stereocenters. The zero-order chi connectivity index (χ0) is 23.3. The molecule has 2 fully saturated rings. The number of morpholine rings is 1. The maximum atomic E-state index is 9.68. The standard InChI is InChI=1S/C26H33N5O3/c1-27-7-11-34-26-5-2-20(16-28-26)23-15-25(31-8-6-19(17-31)18-32)22-4-3-21(14-24(22)29-23)30-9-12-33-13-10-30/h2-5,14-16,19,27,32H,6-13,17-18H2,1H3. The smallest absolute Gasteiger partial charge is 0.213 e. The van der Waals surface area contributed by atoms with E-state index in [1.165, 1.54) is 11.4 Å². The molecule has 2 aliphatic heterocycles. The molecule has 0 spiro atoms. The van der Waals surface area contributed by atoms with Gasteiger partial charge in [-0.3, -0.25) is 0 Å². The van der Waals surface area contributed by atoms with Crippen LogP contribution in [0.1, 0.15) is 6.42 Å². The van der Waals surface area contributed by atoms with E-state index in [0.717, 1.165) is 74.5 Å². The zero-order valence-electron chi connectivity index (χ0n) is 19.7. The van der Waals surface area contributed by atoms with Crippen LogP contribution in [0.2, 0.25) is 0 Å². The highest BCUT2D eigenvalue weighted by atomic mass is 16.5. The number of likely N-dealkylation sites (N-methyl/N-ethyl adjacent to an activating group) is 1. The Morgan fingerprint density at radius 2 is 2.00 bits per heavy atom. The van der Waals surface area contributed by atoms with Crippen molar-refractivity contribution in [1.82, 2.24) is 15.3 Å². The van der Waals surface area contributed by atoms with Crippen molar-refractivity contribution in [3.8, 4) is 17.1 Å². The fourth-order valence-electron chi connectivity index (χ4n) is 4.70. The number of nitrogens with one attached hydrogen (secondary N) is 1. The van der Waals surface area contributed by atoms with Gasteiger partial charge in [0.2, 0.25) is 5.88 Å². The summed E-state index contributed by atoms with van der Waals surface area (Å²) in [5.41, 5.74) is 5.16. The van der Waals surface area contributed by atoms with E-state index in [1.807, 2.05) is 25.4 Å². The Bertz CT molecular complexity index is 1100. The number of nitrogens with zero attached hydrogens (tertiary/aromatic N) is 4. The Hall–Kier alpha value is -2.94. The van der Waals surface area contributed by atoms with Gasteiger partial charge >= 0.3 is 0 Å². The number of ether oxygens (including phenoxy) is 2. The summed E-state index contributed by atoms with van der Waals surface area (Å²) in [6.07, 6.45) is 2.83. The second kappa shape index (κ2) is 10.5. The summed E-state index contributed by atoms with van der Waals surface area (Å²) < 4.78 is 11.2. The Morgan fingerprint density at radius 1 is 1.12 bits per heavy atom. The monoisotopic (exact) mass is 463 g/mol. The van der Waals surface area contributed by atoms with Crippen LogP contribution in [0.15, 0.2) is 42.6 Å². The first-order valence-electron chi connectivity index (χ1n) is 12.1. The van der Waals surface area contributed by atoms with Gasteiger partial charge in [0.1, 0.15) is 6.61 Å². The van der Waals surface area contributed by atoms with E-state index in [0.29, 0.717) is 18.4 Å². The van der Waals surface area contributed by atoms with E-state index in [2.05, 4.69) is 44.4 Å². The third kappa shape index (κ3) is 4.94. The van der Waals surface area contributed by atoms with Gasteiger partial charge in [-0.15, -0.1) is 0 Å². The molecular weight excluding hydrogens is 430 g/mol. The molecule has 1 atom stereocenters. The SMILES string of the molecule is CNCCOc1ccc(-c2cc(N3CCC(CO)C3)c3ccc(N4CCOCC4)cc3n2)cn1. The van der Waals surface area contributed by atoms with Crippen molar-refractivity contribution >= 4 is 22.3 Å². The molecule has 0 aliphatic carbocycles. The molecule has 2 aliphatic rings. The number of aliphatic hydroxyl groups is 1. The van der Waals surface area contributed by atoms with Gasteiger partial charge in [-0.25, -0.2) is 9.97 Å². The topological polar surface area (TPSA) is 83.0 Å². The lowest BCUT2D eigenvalue weighted by atomic mass is 10.1. The minimum atomic E-state index is 0.229. The quantitative estimate of drug-likeness (QED) is 0.493. The third-order valence-electron chi connectivity index (χ3n) is 6.67. The summed E-state index contributed by atoms with van der Waals surface area (Å²) in [4.78, 5) is 14.3. The van der Waals surface area contributed by atoms with Crippen molar-refractivity contribution in [2.75, 3.05) is 76.0 Å². The number of benzene rings is 1. The van der Waals surface area contributed by atoms with Crippen LogP contribution < -0.4 is 19.9 Å². The summed E-state index contributed by atoms with van der Waals surface area (Å²) in [5.74, 6) is 0.926. The van der Waals surface area contributed by atoms with Gasteiger partial charge < -0.3 is 29.7 Å². The van der Waals surface area contributed by atoms with E-state index in [9.17, 15) is 5.11 Å². The van der Waals surface area contributed by atoms with Gasteiger partial charge in [0.15, 0.2) is 0 Å². The van der Waals surface area contributed by atoms with E-state index in [1.54, 1.807) is 0 Å². The molecule has 0 bridgehead atoms. The third-order valence-corrected chi connectivity index (χ3v) is 6.67. The molecule has 0 amide bonds. The molecule has 0 radical (unpaired) electrons. The molecule has 2 N–H and O–H groups in total. The van der Waals surface area contributed by atoms with Gasteiger partial charge in [0.25, 0.3) is 0 Å². The van der Waals surface area contributed by atoms with Crippen molar-refractivity contribution in [3.63, 3.8) is 0 Å². The summed E-state index contributed by atoms with van der Waals surface area (Å²) in [5, 5.41) is 13.9. The number of rotatable bonds is 8. The minimum absolute atomic E-state index is 0.229. The zero-order valence-corrected chi connectivity index (χ0v) is 19.7. The average molecular weight is 464 g/mol. The van der Waals surface area contributed by atoms with Crippen LogP contribution in [0.3, 0.4) is 0 Å². The fourth-order valence-corrected chi connectivity index (χ4v) is 4.70. The summed E-state index contributed by atoms with van der Waals surface area (Å²) in [6.45, 7) is 6.65. The van der Waals surface area contributed by atoms with Gasteiger partial charge in [-0.2, -0.15) is 0 Å². The normalized spacial score (nSPS) is 18.6. The number of fused-ring (bicyclic) bond motifs is 1. The Labute approximate surface area is 200 Å². The van der Waals surface area contributed by atoms with Crippen molar-refractivity contribution in [2.45, 2.75) is 6.42 Å². The van der Waals surface area contributed by atoms with Crippen molar-refractivity contribution in [3.05, 3.63) is 42.6 Å². The average Bonchev–Trinajstić information content (AvgIpc) is 3.38. The number of hydrogen-bond acceptors (Lipinski definition) is 8. The predicted molar refractivity (Wildman–Crippen MR) is 135 cm³/mol. The molecule has 5 rings (SSSR count). The molecule has 8 nitrogen and oxygen atoms in total. The van der Waals surface area contributed by atoms with Gasteiger partial charge in [-0.1, -0.05) is 0 Å². The number of hydrogen-bond donors (Lipinski definition) is 2. The molecule has 0 saturated carbocycles. The maximum Gasteiger partial charge on any atom is 0.213 e. The molecule has 8 heteroatoms. The lowest BCUT2D eigenvalue weighted by Gasteiger charge is -2.29. The molecule has 2 saturated heterocycles. The van der Waals surface area contributed by atoms with E-state index in [4.69, 9.17) is 14.5 Å². The number of aliphatic hydroxyl groups excluding tert-OH is 1. The van der Waals surface area contributed by atoms with Crippen LogP contribution in [-0.2, 0) is 4.74 Å². The summed E-state index contributed by atoms with van der Waals surface area (Å²) in [7, 11) is 1.90. The highest BCUT2D eigenvalue weighted by Crippen LogP contribution is 2.35. The maximum absolute atomic E-state index is 9.68. The van der Waals surface area contributed by atoms with Crippen LogP contribution in [0.25, 0.3) is 22.2 Å².